The zero-order chi connectivity index (χ0) is 22.5. The largest absolute Gasteiger partial charge is 0.493 e. The van der Waals surface area contributed by atoms with Crippen LogP contribution in [-0.4, -0.2) is 50.4 Å². The molecule has 1 amide bonds. The first-order valence-corrected chi connectivity index (χ1v) is 12.3. The van der Waals surface area contributed by atoms with Crippen LogP contribution in [0.3, 0.4) is 0 Å². The second-order valence-corrected chi connectivity index (χ2v) is 9.50. The van der Waals surface area contributed by atoms with Crippen LogP contribution in [0.15, 0.2) is 23.6 Å². The summed E-state index contributed by atoms with van der Waals surface area (Å²) in [5.74, 6) is 1.93. The van der Waals surface area contributed by atoms with E-state index in [1.807, 2.05) is 35.4 Å². The van der Waals surface area contributed by atoms with Crippen molar-refractivity contribution >= 4 is 17.2 Å². The van der Waals surface area contributed by atoms with Crippen LogP contribution in [0.2, 0.25) is 0 Å². The molecule has 2 heterocycles. The van der Waals surface area contributed by atoms with Crippen molar-refractivity contribution in [1.29, 1.82) is 0 Å². The highest BCUT2D eigenvalue weighted by molar-refractivity contribution is 7.12. The molecule has 32 heavy (non-hydrogen) atoms. The van der Waals surface area contributed by atoms with Gasteiger partial charge in [0.2, 0.25) is 5.75 Å². The Bertz CT molecular complexity index is 890. The summed E-state index contributed by atoms with van der Waals surface area (Å²) in [6, 6.07) is 6.20. The van der Waals surface area contributed by atoms with E-state index in [0.717, 1.165) is 48.3 Å². The molecule has 1 saturated carbocycles. The van der Waals surface area contributed by atoms with Gasteiger partial charge in [-0.3, -0.25) is 4.79 Å². The summed E-state index contributed by atoms with van der Waals surface area (Å²) < 4.78 is 23.0. The van der Waals surface area contributed by atoms with Crippen LogP contribution in [0.5, 0.6) is 17.2 Å². The fourth-order valence-corrected chi connectivity index (χ4v) is 5.50. The monoisotopic (exact) mass is 459 g/mol. The van der Waals surface area contributed by atoms with Crippen LogP contribution in [0, 0.1) is 6.92 Å². The first kappa shape index (κ1) is 22.9. The minimum Gasteiger partial charge on any atom is -0.493 e. The molecule has 174 valence electrons. The minimum atomic E-state index is 0.105. The average Bonchev–Trinajstić information content (AvgIpc) is 3.58. The van der Waals surface area contributed by atoms with E-state index in [9.17, 15) is 4.79 Å². The molecule has 0 unspecified atom stereocenters. The lowest BCUT2D eigenvalue weighted by atomic mass is 10.1. The maximum atomic E-state index is 13.5. The molecule has 2 aliphatic rings. The van der Waals surface area contributed by atoms with Crippen molar-refractivity contribution < 1.29 is 23.7 Å². The summed E-state index contributed by atoms with van der Waals surface area (Å²) in [6.07, 6.45) is 6.61. The Balaban J connectivity index is 1.58. The quantitative estimate of drug-likeness (QED) is 0.515. The van der Waals surface area contributed by atoms with Crippen LogP contribution in [-0.2, 0) is 11.3 Å². The van der Waals surface area contributed by atoms with Crippen molar-refractivity contribution in [2.75, 3.05) is 27.4 Å². The van der Waals surface area contributed by atoms with Gasteiger partial charge in [0.25, 0.3) is 5.91 Å². The number of methoxy groups -OCH3 is 2. The van der Waals surface area contributed by atoms with Gasteiger partial charge in [-0.15, -0.1) is 11.3 Å². The van der Waals surface area contributed by atoms with Gasteiger partial charge in [0.05, 0.1) is 25.2 Å². The maximum Gasteiger partial charge on any atom is 0.264 e. The van der Waals surface area contributed by atoms with Crippen molar-refractivity contribution in [3.05, 3.63) is 39.6 Å². The third kappa shape index (κ3) is 5.04. The molecule has 1 aliphatic carbocycles. The molecule has 1 saturated heterocycles. The van der Waals surface area contributed by atoms with E-state index in [-0.39, 0.29) is 18.1 Å². The highest BCUT2D eigenvalue weighted by Gasteiger charge is 2.30. The predicted octanol–water partition coefficient (Wildman–Crippen LogP) is 5.22. The summed E-state index contributed by atoms with van der Waals surface area (Å²) in [5.41, 5.74) is 2.01. The zero-order valence-electron chi connectivity index (χ0n) is 19.2. The van der Waals surface area contributed by atoms with Crippen LogP contribution in [0.4, 0.5) is 0 Å². The number of carbonyl (C=O) groups is 1. The first-order chi connectivity index (χ1) is 15.6. The SMILES string of the molecule is COc1cc(CN(C(=O)c2sccc2C)C2CCCC2)cc(OC)c1OC[C@@H]1CCCO1. The molecule has 1 atom stereocenters. The molecular weight excluding hydrogens is 426 g/mol. The third-order valence-corrected chi connectivity index (χ3v) is 7.40. The minimum absolute atomic E-state index is 0.105. The smallest absolute Gasteiger partial charge is 0.264 e. The van der Waals surface area contributed by atoms with Gasteiger partial charge in [-0.05, 0) is 67.3 Å². The molecule has 0 radical (unpaired) electrons. The van der Waals surface area contributed by atoms with Crippen LogP contribution < -0.4 is 14.2 Å². The van der Waals surface area contributed by atoms with Crippen LogP contribution >= 0.6 is 11.3 Å². The van der Waals surface area contributed by atoms with Gasteiger partial charge in [-0.25, -0.2) is 0 Å². The summed E-state index contributed by atoms with van der Waals surface area (Å²) in [6.45, 7) is 3.77. The molecule has 0 spiro atoms. The Morgan fingerprint density at radius 3 is 2.41 bits per heavy atom. The Kier molecular flexibility index (Phi) is 7.58. The number of thiophene rings is 1. The van der Waals surface area contributed by atoms with E-state index in [4.69, 9.17) is 18.9 Å². The Hall–Kier alpha value is -2.25. The number of hydrogen-bond acceptors (Lipinski definition) is 6. The van der Waals surface area contributed by atoms with Crippen molar-refractivity contribution in [1.82, 2.24) is 4.90 Å². The lowest BCUT2D eigenvalue weighted by Crippen LogP contribution is -2.38. The Morgan fingerprint density at radius 2 is 1.84 bits per heavy atom. The summed E-state index contributed by atoms with van der Waals surface area (Å²) in [4.78, 5) is 16.3. The first-order valence-electron chi connectivity index (χ1n) is 11.4. The second-order valence-electron chi connectivity index (χ2n) is 8.58. The highest BCUT2D eigenvalue weighted by atomic mass is 32.1. The van der Waals surface area contributed by atoms with Crippen molar-refractivity contribution in [2.45, 2.75) is 64.1 Å². The van der Waals surface area contributed by atoms with E-state index >= 15 is 0 Å². The highest BCUT2D eigenvalue weighted by Crippen LogP contribution is 2.40. The average molecular weight is 460 g/mol. The second kappa shape index (κ2) is 10.6. The topological polar surface area (TPSA) is 57.2 Å². The van der Waals surface area contributed by atoms with E-state index < -0.39 is 0 Å². The van der Waals surface area contributed by atoms with Gasteiger partial charge >= 0.3 is 0 Å². The molecule has 0 N–H and O–H groups in total. The molecule has 1 aromatic heterocycles. The van der Waals surface area contributed by atoms with Gasteiger partial charge in [0.1, 0.15) is 6.61 Å². The predicted molar refractivity (Wildman–Crippen MR) is 125 cm³/mol. The van der Waals surface area contributed by atoms with Crippen molar-refractivity contribution in [3.8, 4) is 17.2 Å². The number of aryl methyl sites for hydroxylation is 1. The van der Waals surface area contributed by atoms with Crippen LogP contribution in [0.25, 0.3) is 0 Å². The number of nitrogens with zero attached hydrogens (tertiary/aromatic N) is 1. The lowest BCUT2D eigenvalue weighted by Gasteiger charge is -2.29. The number of benzene rings is 1. The number of ether oxygens (including phenoxy) is 4. The molecule has 2 fully saturated rings. The molecule has 6 nitrogen and oxygen atoms in total. The number of rotatable bonds is 9. The molecule has 1 aromatic carbocycles. The zero-order valence-corrected chi connectivity index (χ0v) is 20.0. The number of hydrogen-bond donors (Lipinski definition) is 0. The summed E-state index contributed by atoms with van der Waals surface area (Å²) in [7, 11) is 3.26. The van der Waals surface area contributed by atoms with Crippen molar-refractivity contribution in [3.63, 3.8) is 0 Å². The standard InChI is InChI=1S/C25H33NO5S/c1-17-10-12-32-24(17)25(27)26(19-7-4-5-8-19)15-18-13-21(28-2)23(22(14-18)29-3)31-16-20-9-6-11-30-20/h10,12-14,19-20H,4-9,11,15-16H2,1-3H3/t20-/m0/s1. The fourth-order valence-electron chi connectivity index (χ4n) is 4.62. The van der Waals surface area contributed by atoms with E-state index in [2.05, 4.69) is 0 Å². The molecule has 4 rings (SSSR count). The summed E-state index contributed by atoms with van der Waals surface area (Å²) >= 11 is 1.52. The Morgan fingerprint density at radius 1 is 1.12 bits per heavy atom. The molecule has 0 bridgehead atoms. The van der Waals surface area contributed by atoms with Gasteiger partial charge in [0, 0.05) is 19.2 Å². The van der Waals surface area contributed by atoms with E-state index in [1.54, 1.807) is 14.2 Å². The lowest BCUT2D eigenvalue weighted by molar-refractivity contribution is 0.0653. The van der Waals surface area contributed by atoms with E-state index in [1.165, 1.54) is 24.2 Å². The molecule has 2 aromatic rings. The third-order valence-electron chi connectivity index (χ3n) is 6.39. The summed E-state index contributed by atoms with van der Waals surface area (Å²) in [5, 5.41) is 1.99. The molecule has 1 aliphatic heterocycles. The van der Waals surface area contributed by atoms with Crippen LogP contribution in [0.1, 0.15) is 59.3 Å². The number of amides is 1. The molecule has 7 heteroatoms. The van der Waals surface area contributed by atoms with Crippen molar-refractivity contribution in [2.24, 2.45) is 0 Å². The van der Waals surface area contributed by atoms with Gasteiger partial charge < -0.3 is 23.8 Å². The van der Waals surface area contributed by atoms with Gasteiger partial charge in [0.15, 0.2) is 11.5 Å². The number of carbonyl (C=O) groups excluding carboxylic acids is 1. The maximum absolute atomic E-state index is 13.5. The van der Waals surface area contributed by atoms with Gasteiger partial charge in [-0.2, -0.15) is 0 Å². The molecular formula is C25H33NO5S. The normalized spacial score (nSPS) is 18.7. The fraction of sp³-hybridized carbons (Fsp3) is 0.560. The van der Waals surface area contributed by atoms with Gasteiger partial charge in [-0.1, -0.05) is 12.8 Å². The van der Waals surface area contributed by atoms with E-state index in [0.29, 0.717) is 30.4 Å². The Labute approximate surface area is 194 Å².